The van der Waals surface area contributed by atoms with Gasteiger partial charge in [0.1, 0.15) is 0 Å². The molecular formula is C16H15ClN4O. The van der Waals surface area contributed by atoms with Crippen LogP contribution in [0, 0.1) is 6.92 Å². The number of H-pyrrole nitrogens is 1. The third kappa shape index (κ3) is 2.76. The molecule has 22 heavy (non-hydrogen) atoms. The van der Waals surface area contributed by atoms with E-state index in [-0.39, 0.29) is 5.69 Å². The molecule has 0 bridgehead atoms. The van der Waals surface area contributed by atoms with Crippen molar-refractivity contribution in [3.05, 3.63) is 69.1 Å². The van der Waals surface area contributed by atoms with E-state index in [1.807, 2.05) is 43.3 Å². The first-order valence-corrected chi connectivity index (χ1v) is 7.19. The highest BCUT2D eigenvalue weighted by molar-refractivity contribution is 6.33. The van der Waals surface area contributed by atoms with Gasteiger partial charge >= 0.3 is 5.69 Å². The van der Waals surface area contributed by atoms with Crippen LogP contribution in [0.5, 0.6) is 0 Å². The van der Waals surface area contributed by atoms with Crippen LogP contribution in [-0.2, 0) is 6.54 Å². The molecule has 112 valence electrons. The fourth-order valence-electron chi connectivity index (χ4n) is 2.25. The van der Waals surface area contributed by atoms with Crippen LogP contribution >= 0.6 is 11.6 Å². The maximum Gasteiger partial charge on any atom is 0.343 e. The molecule has 0 atom stereocenters. The van der Waals surface area contributed by atoms with Crippen molar-refractivity contribution in [3.8, 4) is 11.4 Å². The molecule has 3 aromatic rings. The smallest absolute Gasteiger partial charge is 0.343 e. The molecule has 3 rings (SSSR count). The predicted molar refractivity (Wildman–Crippen MR) is 88.0 cm³/mol. The Balaban J connectivity index is 1.94. The maximum atomic E-state index is 12.1. The number of hydrogen-bond acceptors (Lipinski definition) is 3. The first kappa shape index (κ1) is 14.4. The number of nitrogen functional groups attached to an aromatic ring is 1. The molecule has 3 N–H and O–H groups in total. The molecule has 0 spiro atoms. The highest BCUT2D eigenvalue weighted by Gasteiger charge is 2.10. The Labute approximate surface area is 132 Å². The fraction of sp³-hybridized carbons (Fsp3) is 0.125. The third-order valence-electron chi connectivity index (χ3n) is 3.48. The minimum atomic E-state index is -0.274. The summed E-state index contributed by atoms with van der Waals surface area (Å²) < 4.78 is 1.38. The van der Waals surface area contributed by atoms with Crippen molar-refractivity contribution in [1.82, 2.24) is 14.8 Å². The zero-order valence-electron chi connectivity index (χ0n) is 12.0. The average molecular weight is 315 g/mol. The fourth-order valence-corrected chi connectivity index (χ4v) is 2.47. The number of hydrogen-bond donors (Lipinski definition) is 2. The van der Waals surface area contributed by atoms with E-state index in [9.17, 15) is 4.79 Å². The molecular weight excluding hydrogens is 300 g/mol. The van der Waals surface area contributed by atoms with E-state index in [1.165, 1.54) is 4.68 Å². The number of nitrogens with zero attached hydrogens (tertiary/aromatic N) is 2. The van der Waals surface area contributed by atoms with Crippen LogP contribution in [0.15, 0.2) is 47.3 Å². The Morgan fingerprint density at radius 2 is 2.05 bits per heavy atom. The number of aromatic nitrogens is 3. The van der Waals surface area contributed by atoms with Crippen LogP contribution in [-0.4, -0.2) is 14.8 Å². The van der Waals surface area contributed by atoms with Crippen LogP contribution in [0.3, 0.4) is 0 Å². The summed E-state index contributed by atoms with van der Waals surface area (Å²) in [5.41, 5.74) is 8.91. The van der Waals surface area contributed by atoms with Gasteiger partial charge in [-0.3, -0.25) is 4.98 Å². The van der Waals surface area contributed by atoms with E-state index in [2.05, 4.69) is 10.1 Å². The van der Waals surface area contributed by atoms with E-state index in [0.717, 1.165) is 16.8 Å². The van der Waals surface area contributed by atoms with Gasteiger partial charge in [0, 0.05) is 11.3 Å². The lowest BCUT2D eigenvalue weighted by Crippen LogP contribution is -2.18. The van der Waals surface area contributed by atoms with Crippen LogP contribution in [0.2, 0.25) is 5.02 Å². The second kappa shape index (κ2) is 5.69. The van der Waals surface area contributed by atoms with Crippen molar-refractivity contribution < 1.29 is 0 Å². The Kier molecular flexibility index (Phi) is 3.73. The molecule has 0 unspecified atom stereocenters. The Morgan fingerprint density at radius 1 is 1.27 bits per heavy atom. The van der Waals surface area contributed by atoms with Gasteiger partial charge in [-0.15, -0.1) is 5.10 Å². The van der Waals surface area contributed by atoms with Crippen LogP contribution in [0.25, 0.3) is 11.4 Å². The monoisotopic (exact) mass is 314 g/mol. The number of rotatable bonds is 3. The van der Waals surface area contributed by atoms with Crippen molar-refractivity contribution in [1.29, 1.82) is 0 Å². The van der Waals surface area contributed by atoms with Gasteiger partial charge in [-0.1, -0.05) is 35.9 Å². The molecule has 6 heteroatoms. The molecule has 1 aromatic heterocycles. The third-order valence-corrected chi connectivity index (χ3v) is 3.81. The molecule has 1 heterocycles. The lowest BCUT2D eigenvalue weighted by Gasteiger charge is -2.04. The average Bonchev–Trinajstić information content (AvgIpc) is 2.84. The molecule has 0 amide bonds. The minimum Gasteiger partial charge on any atom is -0.399 e. The summed E-state index contributed by atoms with van der Waals surface area (Å²) in [5.74, 6) is 0.461. The quantitative estimate of drug-likeness (QED) is 0.730. The van der Waals surface area contributed by atoms with Crippen molar-refractivity contribution in [2.24, 2.45) is 0 Å². The number of benzene rings is 2. The Hall–Kier alpha value is -2.53. The largest absolute Gasteiger partial charge is 0.399 e. The molecule has 0 aliphatic heterocycles. The van der Waals surface area contributed by atoms with Crippen molar-refractivity contribution in [3.63, 3.8) is 0 Å². The van der Waals surface area contributed by atoms with Crippen molar-refractivity contribution in [2.75, 3.05) is 5.73 Å². The number of aryl methyl sites for hydroxylation is 1. The maximum absolute atomic E-state index is 12.1. The number of aromatic amines is 1. The minimum absolute atomic E-state index is 0.274. The second-order valence-electron chi connectivity index (χ2n) is 5.11. The number of nitrogens with two attached hydrogens (primary N) is 1. The van der Waals surface area contributed by atoms with Gasteiger partial charge in [-0.25, -0.2) is 9.48 Å². The van der Waals surface area contributed by atoms with E-state index in [0.29, 0.717) is 23.0 Å². The van der Waals surface area contributed by atoms with Gasteiger partial charge in [0.2, 0.25) is 0 Å². The molecule has 0 saturated heterocycles. The van der Waals surface area contributed by atoms with Crippen molar-refractivity contribution >= 4 is 17.3 Å². The van der Waals surface area contributed by atoms with Gasteiger partial charge < -0.3 is 5.73 Å². The van der Waals surface area contributed by atoms with E-state index in [4.69, 9.17) is 17.3 Å². The molecule has 2 aromatic carbocycles. The molecule has 0 aliphatic carbocycles. The molecule has 0 saturated carbocycles. The number of anilines is 1. The Morgan fingerprint density at radius 3 is 2.77 bits per heavy atom. The molecule has 0 radical (unpaired) electrons. The summed E-state index contributed by atoms with van der Waals surface area (Å²) in [6, 6.07) is 12.9. The first-order chi connectivity index (χ1) is 10.5. The van der Waals surface area contributed by atoms with Gasteiger partial charge in [-0.2, -0.15) is 0 Å². The predicted octanol–water partition coefficient (Wildman–Crippen LogP) is 2.83. The molecule has 0 fully saturated rings. The zero-order valence-corrected chi connectivity index (χ0v) is 12.8. The van der Waals surface area contributed by atoms with E-state index in [1.54, 1.807) is 6.07 Å². The topological polar surface area (TPSA) is 76.7 Å². The van der Waals surface area contributed by atoms with E-state index < -0.39 is 0 Å². The lowest BCUT2D eigenvalue weighted by atomic mass is 10.1. The van der Waals surface area contributed by atoms with Gasteiger partial charge in [-0.05, 0) is 36.2 Å². The number of nitrogens with one attached hydrogen (secondary N) is 1. The summed E-state index contributed by atoms with van der Waals surface area (Å²) in [6.07, 6.45) is 0. The zero-order chi connectivity index (χ0) is 15.7. The number of halogens is 1. The van der Waals surface area contributed by atoms with Crippen LogP contribution in [0.1, 0.15) is 11.1 Å². The Bertz CT molecular complexity index is 882. The molecule has 5 nitrogen and oxygen atoms in total. The highest BCUT2D eigenvalue weighted by Crippen LogP contribution is 2.23. The standard InChI is InChI=1S/C16H15ClN4O/c1-10-8-11(6-7-14(10)18)9-21-16(22)19-15(20-21)12-4-2-3-5-13(12)17/h2-8H,9,18H2,1H3,(H,19,20,22). The van der Waals surface area contributed by atoms with Crippen LogP contribution in [0.4, 0.5) is 5.69 Å². The second-order valence-corrected chi connectivity index (χ2v) is 5.51. The summed E-state index contributed by atoms with van der Waals surface area (Å²) in [5, 5.41) is 4.87. The van der Waals surface area contributed by atoms with Crippen molar-refractivity contribution in [2.45, 2.75) is 13.5 Å². The van der Waals surface area contributed by atoms with Gasteiger partial charge in [0.25, 0.3) is 0 Å². The lowest BCUT2D eigenvalue weighted by molar-refractivity contribution is 0.660. The summed E-state index contributed by atoms with van der Waals surface area (Å²) >= 11 is 6.13. The van der Waals surface area contributed by atoms with Crippen LogP contribution < -0.4 is 11.4 Å². The van der Waals surface area contributed by atoms with Gasteiger partial charge in [0.15, 0.2) is 5.82 Å². The van der Waals surface area contributed by atoms with E-state index >= 15 is 0 Å². The van der Waals surface area contributed by atoms with Gasteiger partial charge in [0.05, 0.1) is 11.6 Å². The summed E-state index contributed by atoms with van der Waals surface area (Å²) in [6.45, 7) is 2.31. The summed E-state index contributed by atoms with van der Waals surface area (Å²) in [7, 11) is 0. The normalized spacial score (nSPS) is 10.8. The first-order valence-electron chi connectivity index (χ1n) is 6.81. The highest BCUT2D eigenvalue weighted by atomic mass is 35.5. The summed E-state index contributed by atoms with van der Waals surface area (Å²) in [4.78, 5) is 14.8. The SMILES string of the molecule is Cc1cc(Cn2nc(-c3ccccc3Cl)[nH]c2=O)ccc1N. The molecule has 0 aliphatic rings.